The van der Waals surface area contributed by atoms with Gasteiger partial charge in [0.25, 0.3) is 0 Å². The number of carbonyl (C=O) groups excluding carboxylic acids is 1. The molecule has 1 aromatic carbocycles. The van der Waals surface area contributed by atoms with Crippen LogP contribution in [0.3, 0.4) is 0 Å². The summed E-state index contributed by atoms with van der Waals surface area (Å²) in [5.41, 5.74) is 6.96. The number of halogens is 1. The second kappa shape index (κ2) is 8.91. The van der Waals surface area contributed by atoms with E-state index in [9.17, 15) is 9.90 Å². The van der Waals surface area contributed by atoms with Crippen LogP contribution in [0.5, 0.6) is 0 Å². The van der Waals surface area contributed by atoms with Crippen LogP contribution >= 0.6 is 12.4 Å². The average molecular weight is 287 g/mol. The molecule has 0 saturated heterocycles. The fourth-order valence-electron chi connectivity index (χ4n) is 1.67. The number of aliphatic hydroxyl groups is 1. The molecular weight excluding hydrogens is 264 g/mol. The quantitative estimate of drug-likeness (QED) is 0.837. The Hall–Kier alpha value is -1.10. The van der Waals surface area contributed by atoms with E-state index in [1.165, 1.54) is 0 Å². The lowest BCUT2D eigenvalue weighted by molar-refractivity contribution is -0.130. The van der Waals surface area contributed by atoms with Crippen LogP contribution < -0.4 is 5.73 Å². The molecule has 2 atom stereocenters. The van der Waals surface area contributed by atoms with Crippen molar-refractivity contribution in [3.8, 4) is 0 Å². The van der Waals surface area contributed by atoms with Crippen molar-refractivity contribution >= 4 is 18.3 Å². The van der Waals surface area contributed by atoms with Gasteiger partial charge in [0.2, 0.25) is 5.91 Å². The highest BCUT2D eigenvalue weighted by Gasteiger charge is 2.15. The highest BCUT2D eigenvalue weighted by molar-refractivity contribution is 5.85. The molecule has 0 aliphatic carbocycles. The van der Waals surface area contributed by atoms with Crippen LogP contribution in [-0.2, 0) is 4.79 Å². The molecule has 108 valence electrons. The molecule has 0 spiro atoms. The first-order valence-corrected chi connectivity index (χ1v) is 6.23. The number of hydrogen-bond acceptors (Lipinski definition) is 3. The van der Waals surface area contributed by atoms with Crippen LogP contribution in [0.2, 0.25) is 0 Å². The number of nitrogens with two attached hydrogens (primary N) is 1. The topological polar surface area (TPSA) is 66.6 Å². The number of rotatable bonds is 6. The van der Waals surface area contributed by atoms with Crippen molar-refractivity contribution in [3.05, 3.63) is 35.9 Å². The summed E-state index contributed by atoms with van der Waals surface area (Å²) >= 11 is 0. The minimum Gasteiger partial charge on any atom is -0.393 e. The molecule has 19 heavy (non-hydrogen) atoms. The van der Waals surface area contributed by atoms with Crippen molar-refractivity contribution in [2.75, 3.05) is 13.6 Å². The fraction of sp³-hybridized carbons (Fsp3) is 0.500. The summed E-state index contributed by atoms with van der Waals surface area (Å²) < 4.78 is 0. The van der Waals surface area contributed by atoms with Gasteiger partial charge in [0.05, 0.1) is 6.10 Å². The molecule has 0 aromatic heterocycles. The smallest absolute Gasteiger partial charge is 0.224 e. The molecule has 0 fully saturated rings. The molecule has 0 bridgehead atoms. The van der Waals surface area contributed by atoms with Gasteiger partial charge in [-0.05, 0) is 18.9 Å². The van der Waals surface area contributed by atoms with Crippen LogP contribution in [-0.4, -0.2) is 35.6 Å². The van der Waals surface area contributed by atoms with Gasteiger partial charge in [-0.2, -0.15) is 0 Å². The SMILES string of the molecule is CC(O)CCN(C)C(=O)CC(N)c1ccccc1.Cl. The highest BCUT2D eigenvalue weighted by Crippen LogP contribution is 2.14. The predicted octanol–water partition coefficient (Wildman–Crippen LogP) is 1.73. The lowest BCUT2D eigenvalue weighted by Crippen LogP contribution is -2.31. The summed E-state index contributed by atoms with van der Waals surface area (Å²) in [6.45, 7) is 2.27. The van der Waals surface area contributed by atoms with E-state index >= 15 is 0 Å². The second-order valence-corrected chi connectivity index (χ2v) is 4.67. The maximum absolute atomic E-state index is 11.9. The standard InChI is InChI=1S/C14H22N2O2.ClH/c1-11(17)8-9-16(2)14(18)10-13(15)12-6-4-3-5-7-12;/h3-7,11,13,17H,8-10,15H2,1-2H3;1H. The molecule has 4 nitrogen and oxygen atoms in total. The van der Waals surface area contributed by atoms with Crippen LogP contribution in [0.15, 0.2) is 30.3 Å². The monoisotopic (exact) mass is 286 g/mol. The van der Waals surface area contributed by atoms with Crippen LogP contribution in [0, 0.1) is 0 Å². The van der Waals surface area contributed by atoms with E-state index in [1.54, 1.807) is 18.9 Å². The van der Waals surface area contributed by atoms with E-state index < -0.39 is 0 Å². The van der Waals surface area contributed by atoms with Crippen molar-refractivity contribution in [1.82, 2.24) is 4.90 Å². The lowest BCUT2D eigenvalue weighted by Gasteiger charge is -2.20. The molecule has 0 aliphatic heterocycles. The Labute approximate surface area is 121 Å². The van der Waals surface area contributed by atoms with E-state index in [0.29, 0.717) is 19.4 Å². The zero-order valence-electron chi connectivity index (χ0n) is 11.5. The van der Waals surface area contributed by atoms with Crippen molar-refractivity contribution in [2.24, 2.45) is 5.73 Å². The summed E-state index contributed by atoms with van der Waals surface area (Å²) in [5, 5.41) is 9.18. The average Bonchev–Trinajstić information content (AvgIpc) is 2.36. The molecule has 0 aliphatic rings. The molecule has 0 saturated carbocycles. The van der Waals surface area contributed by atoms with Gasteiger partial charge in [0, 0.05) is 26.1 Å². The van der Waals surface area contributed by atoms with E-state index in [2.05, 4.69) is 0 Å². The van der Waals surface area contributed by atoms with Crippen molar-refractivity contribution in [3.63, 3.8) is 0 Å². The molecule has 1 rings (SSSR count). The molecule has 0 heterocycles. The van der Waals surface area contributed by atoms with E-state index in [0.717, 1.165) is 5.56 Å². The third-order valence-corrected chi connectivity index (χ3v) is 2.93. The van der Waals surface area contributed by atoms with Crippen molar-refractivity contribution in [1.29, 1.82) is 0 Å². The summed E-state index contributed by atoms with van der Waals surface area (Å²) in [6, 6.07) is 9.33. The third kappa shape index (κ3) is 6.57. The molecule has 2 unspecified atom stereocenters. The fourth-order valence-corrected chi connectivity index (χ4v) is 1.67. The Bertz CT molecular complexity index is 371. The Kier molecular flexibility index (Phi) is 8.39. The van der Waals surface area contributed by atoms with Crippen LogP contribution in [0.4, 0.5) is 0 Å². The van der Waals surface area contributed by atoms with Gasteiger partial charge in [-0.3, -0.25) is 4.79 Å². The zero-order chi connectivity index (χ0) is 13.5. The van der Waals surface area contributed by atoms with Crippen LogP contribution in [0.1, 0.15) is 31.4 Å². The summed E-state index contributed by atoms with van der Waals surface area (Å²) in [4.78, 5) is 13.5. The first-order chi connectivity index (χ1) is 8.50. The normalized spacial score (nSPS) is 13.3. The Morgan fingerprint density at radius 1 is 1.37 bits per heavy atom. The van der Waals surface area contributed by atoms with Gasteiger partial charge in [0.15, 0.2) is 0 Å². The second-order valence-electron chi connectivity index (χ2n) is 4.67. The highest BCUT2D eigenvalue weighted by atomic mass is 35.5. The Morgan fingerprint density at radius 3 is 2.47 bits per heavy atom. The molecular formula is C14H23ClN2O2. The van der Waals surface area contributed by atoms with E-state index in [4.69, 9.17) is 5.73 Å². The Morgan fingerprint density at radius 2 is 1.95 bits per heavy atom. The van der Waals surface area contributed by atoms with E-state index in [1.807, 2.05) is 30.3 Å². The van der Waals surface area contributed by atoms with E-state index in [-0.39, 0.29) is 30.5 Å². The zero-order valence-corrected chi connectivity index (χ0v) is 12.3. The maximum Gasteiger partial charge on any atom is 0.224 e. The maximum atomic E-state index is 11.9. The minimum absolute atomic E-state index is 0. The number of benzene rings is 1. The van der Waals surface area contributed by atoms with Crippen LogP contribution in [0.25, 0.3) is 0 Å². The first-order valence-electron chi connectivity index (χ1n) is 6.23. The summed E-state index contributed by atoms with van der Waals surface area (Å²) in [7, 11) is 1.74. The predicted molar refractivity (Wildman–Crippen MR) is 79.2 cm³/mol. The minimum atomic E-state index is -0.386. The van der Waals surface area contributed by atoms with Gasteiger partial charge in [-0.15, -0.1) is 12.4 Å². The lowest BCUT2D eigenvalue weighted by atomic mass is 10.0. The molecule has 1 amide bonds. The summed E-state index contributed by atoms with van der Waals surface area (Å²) in [5.74, 6) is 0.00648. The van der Waals surface area contributed by atoms with Gasteiger partial charge < -0.3 is 15.7 Å². The number of carbonyl (C=O) groups is 1. The summed E-state index contributed by atoms with van der Waals surface area (Å²) in [6.07, 6.45) is 0.492. The molecule has 0 radical (unpaired) electrons. The van der Waals surface area contributed by atoms with Crippen molar-refractivity contribution < 1.29 is 9.90 Å². The largest absolute Gasteiger partial charge is 0.393 e. The Balaban J connectivity index is 0.00000324. The number of amides is 1. The van der Waals surface area contributed by atoms with Gasteiger partial charge >= 0.3 is 0 Å². The third-order valence-electron chi connectivity index (χ3n) is 2.93. The number of aliphatic hydroxyl groups excluding tert-OH is 1. The molecule has 1 aromatic rings. The van der Waals surface area contributed by atoms with Crippen molar-refractivity contribution in [2.45, 2.75) is 31.9 Å². The van der Waals surface area contributed by atoms with Gasteiger partial charge in [-0.1, -0.05) is 30.3 Å². The number of nitrogens with zero attached hydrogens (tertiary/aromatic N) is 1. The number of hydrogen-bond donors (Lipinski definition) is 2. The molecule has 3 N–H and O–H groups in total. The van der Waals surface area contributed by atoms with Gasteiger partial charge in [0.1, 0.15) is 0 Å². The van der Waals surface area contributed by atoms with Gasteiger partial charge in [-0.25, -0.2) is 0 Å². The molecule has 5 heteroatoms. The first kappa shape index (κ1) is 17.9.